The molecule has 0 saturated carbocycles. The number of amides is 3. The van der Waals surface area contributed by atoms with E-state index in [2.05, 4.69) is 41.0 Å². The van der Waals surface area contributed by atoms with E-state index in [1.807, 2.05) is 0 Å². The number of nitrogens with one attached hydrogen (secondary N) is 4. The molecule has 29 heavy (non-hydrogen) atoms. The predicted molar refractivity (Wildman–Crippen MR) is 111 cm³/mol. The van der Waals surface area contributed by atoms with Crippen LogP contribution in [0.15, 0.2) is 36.5 Å². The Morgan fingerprint density at radius 2 is 1.14 bits per heavy atom. The quantitative estimate of drug-likeness (QED) is 0.121. The first kappa shape index (κ1) is 26.2. The number of rotatable bonds is 13. The van der Waals surface area contributed by atoms with E-state index >= 15 is 0 Å². The maximum Gasteiger partial charge on any atom is 0.287 e. The van der Waals surface area contributed by atoms with Crippen molar-refractivity contribution >= 4 is 23.5 Å². The van der Waals surface area contributed by atoms with Crippen LogP contribution in [-0.4, -0.2) is 61.0 Å². The Hall–Kier alpha value is -2.78. The lowest BCUT2D eigenvalue weighted by molar-refractivity contribution is -0.137. The van der Waals surface area contributed by atoms with E-state index < -0.39 is 35.1 Å². The average Bonchev–Trinajstić information content (AvgIpc) is 2.64. The van der Waals surface area contributed by atoms with Gasteiger partial charge in [-0.1, -0.05) is 19.7 Å². The molecule has 162 valence electrons. The summed E-state index contributed by atoms with van der Waals surface area (Å²) < 4.78 is 0. The summed E-state index contributed by atoms with van der Waals surface area (Å²) in [5.74, 6) is -2.28. The predicted octanol–water partition coefficient (Wildman–Crippen LogP) is -0.453. The summed E-state index contributed by atoms with van der Waals surface area (Å²) in [7, 11) is 0. The Kier molecular flexibility index (Phi) is 10.8. The van der Waals surface area contributed by atoms with Gasteiger partial charge in [-0.3, -0.25) is 24.5 Å². The van der Waals surface area contributed by atoms with Gasteiger partial charge in [0.1, 0.15) is 6.23 Å². The zero-order chi connectivity index (χ0) is 22.8. The zero-order valence-electron chi connectivity index (χ0n) is 17.6. The van der Waals surface area contributed by atoms with Crippen molar-refractivity contribution in [3.8, 4) is 0 Å². The number of aliphatic hydroxyl groups is 1. The number of aliphatic hydroxyl groups excluding tert-OH is 1. The molecule has 0 aliphatic heterocycles. The molecule has 0 radical (unpaired) electrons. The molecule has 5 N–H and O–H groups in total. The molecular formula is C20H32N4O5. The Morgan fingerprint density at radius 1 is 0.759 bits per heavy atom. The molecule has 0 bridgehead atoms. The molecule has 0 fully saturated rings. The van der Waals surface area contributed by atoms with Gasteiger partial charge in [0.15, 0.2) is 0 Å². The van der Waals surface area contributed by atoms with Gasteiger partial charge in [-0.15, -0.1) is 0 Å². The Bertz CT molecular complexity index is 625. The van der Waals surface area contributed by atoms with E-state index in [-0.39, 0.29) is 37.3 Å². The number of carbonyl (C=O) groups is 4. The first-order valence-electron chi connectivity index (χ1n) is 9.04. The van der Waals surface area contributed by atoms with Gasteiger partial charge in [0.05, 0.1) is 0 Å². The van der Waals surface area contributed by atoms with Gasteiger partial charge in [0, 0.05) is 49.7 Å². The highest BCUT2D eigenvalue weighted by Gasteiger charge is 2.33. The molecule has 0 aromatic carbocycles. The number of hydrogen-bond acceptors (Lipinski definition) is 6. The van der Waals surface area contributed by atoms with Crippen molar-refractivity contribution in [2.75, 3.05) is 26.2 Å². The summed E-state index contributed by atoms with van der Waals surface area (Å²) in [5, 5.41) is 20.8. The molecule has 0 aromatic rings. The van der Waals surface area contributed by atoms with Crippen LogP contribution >= 0.6 is 0 Å². The molecule has 0 aromatic heterocycles. The van der Waals surface area contributed by atoms with Gasteiger partial charge in [0.25, 0.3) is 5.91 Å². The second-order valence-corrected chi connectivity index (χ2v) is 7.29. The van der Waals surface area contributed by atoms with Gasteiger partial charge < -0.3 is 21.1 Å². The lowest BCUT2D eigenvalue weighted by Crippen LogP contribution is -2.57. The molecule has 0 aliphatic carbocycles. The van der Waals surface area contributed by atoms with E-state index in [4.69, 9.17) is 0 Å². The van der Waals surface area contributed by atoms with E-state index in [0.29, 0.717) is 5.57 Å². The first-order chi connectivity index (χ1) is 13.3. The zero-order valence-corrected chi connectivity index (χ0v) is 17.6. The smallest absolute Gasteiger partial charge is 0.287 e. The van der Waals surface area contributed by atoms with Gasteiger partial charge in [0.2, 0.25) is 17.6 Å². The van der Waals surface area contributed by atoms with Crippen LogP contribution in [0.1, 0.15) is 27.7 Å². The van der Waals surface area contributed by atoms with Gasteiger partial charge in [-0.05, 0) is 26.3 Å². The highest BCUT2D eigenvalue weighted by atomic mass is 16.3. The average molecular weight is 408 g/mol. The fourth-order valence-electron chi connectivity index (χ4n) is 2.09. The summed E-state index contributed by atoms with van der Waals surface area (Å²) in [6.07, 6.45) is -1.04. The number of Topliss-reactive ketones (excluding diaryl/α,β-unsaturated/α-hetero) is 1. The summed E-state index contributed by atoms with van der Waals surface area (Å²) in [6.45, 7) is 16.7. The van der Waals surface area contributed by atoms with Crippen LogP contribution in [0.2, 0.25) is 0 Å². The maximum absolute atomic E-state index is 12.0. The van der Waals surface area contributed by atoms with Crippen LogP contribution in [0.5, 0.6) is 0 Å². The highest BCUT2D eigenvalue weighted by Crippen LogP contribution is 2.15. The minimum atomic E-state index is -1.04. The largest absolute Gasteiger partial charge is 0.375 e. The van der Waals surface area contributed by atoms with Crippen LogP contribution in [0.4, 0.5) is 0 Å². The minimum Gasteiger partial charge on any atom is -0.375 e. The number of ketones is 1. The molecule has 9 heteroatoms. The molecule has 3 amide bonds. The fourth-order valence-corrected chi connectivity index (χ4v) is 2.09. The SMILES string of the molecule is C=C(C)C(=O)NCC(CNC(=O)C(=C)C)(CNC(=O)C(C)=O)CNC(O)C(=C)C. The lowest BCUT2D eigenvalue weighted by Gasteiger charge is -2.35. The van der Waals surface area contributed by atoms with Crippen molar-refractivity contribution in [3.63, 3.8) is 0 Å². The molecular weight excluding hydrogens is 376 g/mol. The van der Waals surface area contributed by atoms with Gasteiger partial charge in [-0.25, -0.2) is 0 Å². The van der Waals surface area contributed by atoms with Crippen LogP contribution in [-0.2, 0) is 19.2 Å². The summed E-state index contributed by atoms with van der Waals surface area (Å²) in [4.78, 5) is 47.0. The molecule has 0 heterocycles. The van der Waals surface area contributed by atoms with Crippen LogP contribution in [0.3, 0.4) is 0 Å². The third kappa shape index (κ3) is 9.82. The van der Waals surface area contributed by atoms with Crippen molar-refractivity contribution < 1.29 is 24.3 Å². The second kappa shape index (κ2) is 11.9. The molecule has 9 nitrogen and oxygen atoms in total. The summed E-state index contributed by atoms with van der Waals surface area (Å²) in [5.41, 5.74) is 0.0568. The Labute approximate surface area is 171 Å². The Morgan fingerprint density at radius 3 is 1.45 bits per heavy atom. The molecule has 1 atom stereocenters. The van der Waals surface area contributed by atoms with Gasteiger partial charge in [-0.2, -0.15) is 0 Å². The normalized spacial score (nSPS) is 11.8. The lowest BCUT2D eigenvalue weighted by atomic mass is 9.86. The highest BCUT2D eigenvalue weighted by molar-refractivity contribution is 6.35. The monoisotopic (exact) mass is 408 g/mol. The van der Waals surface area contributed by atoms with E-state index in [0.717, 1.165) is 6.92 Å². The standard InChI is InChI=1S/C20H32N4O5/c1-12(2)16(26)21-8-20(9-22-17(27)13(3)4,10-23-18(28)14(5)6)11-24-19(29)15(7)25/h16,21,26H,1,3,5,8-11H2,2,4,6-7H3,(H,22,27)(H,23,28)(H,24,29). The third-order valence-electron chi connectivity index (χ3n) is 4.10. The molecule has 0 rings (SSSR count). The van der Waals surface area contributed by atoms with E-state index in [1.165, 1.54) is 0 Å². The van der Waals surface area contributed by atoms with Gasteiger partial charge >= 0.3 is 0 Å². The fraction of sp³-hybridized carbons (Fsp3) is 0.500. The summed E-state index contributed by atoms with van der Waals surface area (Å²) in [6, 6.07) is 0. The first-order valence-corrected chi connectivity index (χ1v) is 9.04. The molecule has 1 unspecified atom stereocenters. The number of hydrogen-bond donors (Lipinski definition) is 5. The second-order valence-electron chi connectivity index (χ2n) is 7.29. The summed E-state index contributed by atoms with van der Waals surface area (Å²) >= 11 is 0. The minimum absolute atomic E-state index is 0.0171. The van der Waals surface area contributed by atoms with Crippen LogP contribution < -0.4 is 21.3 Å². The molecule has 0 saturated heterocycles. The van der Waals surface area contributed by atoms with Crippen molar-refractivity contribution in [2.45, 2.75) is 33.9 Å². The van der Waals surface area contributed by atoms with E-state index in [1.54, 1.807) is 20.8 Å². The van der Waals surface area contributed by atoms with Crippen molar-refractivity contribution in [1.82, 2.24) is 21.3 Å². The van der Waals surface area contributed by atoms with Crippen LogP contribution in [0, 0.1) is 5.41 Å². The molecule has 0 spiro atoms. The van der Waals surface area contributed by atoms with Crippen molar-refractivity contribution in [1.29, 1.82) is 0 Å². The van der Waals surface area contributed by atoms with Crippen LogP contribution in [0.25, 0.3) is 0 Å². The number of carbonyl (C=O) groups excluding carboxylic acids is 4. The third-order valence-corrected chi connectivity index (χ3v) is 4.10. The Balaban J connectivity index is 5.66. The molecule has 0 aliphatic rings. The van der Waals surface area contributed by atoms with Crippen molar-refractivity contribution in [2.24, 2.45) is 5.41 Å². The topological polar surface area (TPSA) is 137 Å². The van der Waals surface area contributed by atoms with E-state index in [9.17, 15) is 24.3 Å². The van der Waals surface area contributed by atoms with Crippen molar-refractivity contribution in [3.05, 3.63) is 36.5 Å². The maximum atomic E-state index is 12.0.